The maximum absolute atomic E-state index is 10.7. The first-order chi connectivity index (χ1) is 7.31. The largest absolute Gasteiger partial charge is 0.469 e. The van der Waals surface area contributed by atoms with Crippen LogP contribution in [0.15, 0.2) is 0 Å². The molecule has 0 N–H and O–H groups in total. The Morgan fingerprint density at radius 3 is 2.67 bits per heavy atom. The van der Waals surface area contributed by atoms with E-state index < -0.39 is 0 Å². The molecular formula is C8H15IO5S. The summed E-state index contributed by atoms with van der Waals surface area (Å²) in [6.07, 6.45) is 1.91. The average molecular weight is 350 g/mol. The second-order valence-electron chi connectivity index (χ2n) is 2.60. The highest BCUT2D eigenvalue weighted by Crippen LogP contribution is 2.09. The summed E-state index contributed by atoms with van der Waals surface area (Å²) in [4.78, 5) is 10.7. The Labute approximate surface area is 108 Å². The smallest absolute Gasteiger partial charge is 0.305 e. The molecule has 0 amide bonds. The molecule has 0 unspecified atom stereocenters. The molecule has 0 saturated heterocycles. The predicted molar refractivity (Wildman–Crippen MR) is 65.3 cm³/mol. The molecule has 0 spiro atoms. The first kappa shape index (κ1) is 15.4. The summed E-state index contributed by atoms with van der Waals surface area (Å²) in [6.45, 7) is 1.79. The van der Waals surface area contributed by atoms with Crippen molar-refractivity contribution < 1.29 is 21.0 Å². The topological polar surface area (TPSA) is 54.0 Å². The van der Waals surface area contributed by atoms with Crippen LogP contribution in [0.3, 0.4) is 0 Å². The van der Waals surface area contributed by atoms with Gasteiger partial charge in [-0.1, -0.05) is 0 Å². The lowest BCUT2D eigenvalue weighted by atomic mass is 10.3. The Bertz CT molecular complexity index is 158. The molecule has 0 aromatic carbocycles. The summed E-state index contributed by atoms with van der Waals surface area (Å²) >= 11 is 2.69. The van der Waals surface area contributed by atoms with Gasteiger partial charge in [0.05, 0.1) is 13.7 Å². The third-order valence-corrected chi connectivity index (χ3v) is 2.24. The third kappa shape index (κ3) is 12.4. The Morgan fingerprint density at radius 2 is 2.00 bits per heavy atom. The van der Waals surface area contributed by atoms with Gasteiger partial charge in [0.2, 0.25) is 0 Å². The highest BCUT2D eigenvalue weighted by Gasteiger charge is 1.98. The van der Waals surface area contributed by atoms with E-state index in [4.69, 9.17) is 8.92 Å². The van der Waals surface area contributed by atoms with E-state index in [2.05, 4.69) is 7.25 Å². The standard InChI is InChI=1S/C8H15IO5S/c1-11-8(10)4-2-5-12-6-3-7-13-15-14-9/h2-7H2,1H3. The van der Waals surface area contributed by atoms with E-state index in [1.54, 1.807) is 23.0 Å². The van der Waals surface area contributed by atoms with Crippen LogP contribution in [0.2, 0.25) is 0 Å². The molecule has 0 bridgehead atoms. The van der Waals surface area contributed by atoms with Gasteiger partial charge in [-0.15, -0.1) is 0 Å². The van der Waals surface area contributed by atoms with Gasteiger partial charge in [-0.2, -0.15) is 0 Å². The van der Waals surface area contributed by atoms with Crippen molar-refractivity contribution in [2.45, 2.75) is 19.3 Å². The van der Waals surface area contributed by atoms with E-state index in [-0.39, 0.29) is 5.97 Å². The molecule has 0 aliphatic heterocycles. The van der Waals surface area contributed by atoms with Gasteiger partial charge >= 0.3 is 5.97 Å². The van der Waals surface area contributed by atoms with Crippen molar-refractivity contribution in [3.05, 3.63) is 0 Å². The zero-order valence-electron chi connectivity index (χ0n) is 8.57. The van der Waals surface area contributed by atoms with Crippen LogP contribution in [0.4, 0.5) is 0 Å². The summed E-state index contributed by atoms with van der Waals surface area (Å²) in [5, 5.41) is 0. The van der Waals surface area contributed by atoms with Gasteiger partial charge in [-0.3, -0.25) is 8.98 Å². The quantitative estimate of drug-likeness (QED) is 0.261. The fraction of sp³-hybridized carbons (Fsp3) is 0.875. The number of carbonyl (C=O) groups is 1. The molecule has 0 aromatic heterocycles. The van der Waals surface area contributed by atoms with Gasteiger partial charge in [-0.05, 0) is 12.8 Å². The van der Waals surface area contributed by atoms with E-state index >= 15 is 0 Å². The van der Waals surface area contributed by atoms with Gasteiger partial charge < -0.3 is 9.47 Å². The maximum Gasteiger partial charge on any atom is 0.305 e. The normalized spacial score (nSPS) is 10.3. The predicted octanol–water partition coefficient (Wildman–Crippen LogP) is 2.29. The first-order valence-corrected chi connectivity index (χ1v) is 6.07. The summed E-state index contributed by atoms with van der Waals surface area (Å²) in [7, 11) is 1.38. The van der Waals surface area contributed by atoms with Crippen LogP contribution in [-0.2, 0) is 21.0 Å². The molecule has 0 aromatic rings. The van der Waals surface area contributed by atoms with Crippen LogP contribution in [-0.4, -0.2) is 32.9 Å². The van der Waals surface area contributed by atoms with E-state index in [9.17, 15) is 4.79 Å². The van der Waals surface area contributed by atoms with E-state index in [1.165, 1.54) is 7.11 Å². The maximum atomic E-state index is 10.7. The van der Waals surface area contributed by atoms with Crippen LogP contribution in [0.5, 0.6) is 0 Å². The minimum absolute atomic E-state index is 0.197. The molecule has 5 nitrogen and oxygen atoms in total. The van der Waals surface area contributed by atoms with Crippen molar-refractivity contribution in [1.82, 2.24) is 0 Å². The zero-order chi connectivity index (χ0) is 11.4. The lowest BCUT2D eigenvalue weighted by Gasteiger charge is -2.03. The number of methoxy groups -OCH3 is 1. The molecule has 15 heavy (non-hydrogen) atoms. The lowest BCUT2D eigenvalue weighted by molar-refractivity contribution is -0.141. The average Bonchev–Trinajstić information content (AvgIpc) is 2.26. The Morgan fingerprint density at radius 1 is 1.27 bits per heavy atom. The third-order valence-electron chi connectivity index (χ3n) is 1.49. The molecule has 0 saturated carbocycles. The molecule has 0 aliphatic rings. The summed E-state index contributed by atoms with van der Waals surface area (Å²) in [5.74, 6) is -0.197. The van der Waals surface area contributed by atoms with E-state index in [0.717, 1.165) is 18.7 Å². The molecule has 0 heterocycles. The molecule has 0 rings (SSSR count). The van der Waals surface area contributed by atoms with Crippen LogP contribution in [0.1, 0.15) is 19.3 Å². The molecule has 0 fully saturated rings. The first-order valence-electron chi connectivity index (χ1n) is 4.52. The van der Waals surface area contributed by atoms with Crippen LogP contribution in [0.25, 0.3) is 0 Å². The highest BCUT2D eigenvalue weighted by molar-refractivity contribution is 14.1. The molecule has 0 radical (unpaired) electrons. The number of esters is 1. The van der Waals surface area contributed by atoms with Gasteiger partial charge in [-0.25, -0.2) is 2.51 Å². The van der Waals surface area contributed by atoms with E-state index in [1.807, 2.05) is 0 Å². The Kier molecular flexibility index (Phi) is 12.9. The summed E-state index contributed by atoms with van der Waals surface area (Å²) in [5.41, 5.74) is 0. The van der Waals surface area contributed by atoms with Crippen molar-refractivity contribution in [1.29, 1.82) is 0 Å². The minimum Gasteiger partial charge on any atom is -0.469 e. The summed E-state index contributed by atoms with van der Waals surface area (Å²) < 4.78 is 19.3. The van der Waals surface area contributed by atoms with Crippen molar-refractivity contribution >= 4 is 41.3 Å². The van der Waals surface area contributed by atoms with Gasteiger partial charge in [0.1, 0.15) is 23.0 Å². The van der Waals surface area contributed by atoms with Gasteiger partial charge in [0.15, 0.2) is 12.3 Å². The number of ether oxygens (including phenoxy) is 2. The molecular weight excluding hydrogens is 335 g/mol. The van der Waals surface area contributed by atoms with Crippen molar-refractivity contribution in [2.24, 2.45) is 0 Å². The fourth-order valence-corrected chi connectivity index (χ4v) is 1.33. The number of halogens is 1. The van der Waals surface area contributed by atoms with Crippen LogP contribution >= 0.6 is 35.3 Å². The minimum atomic E-state index is -0.197. The van der Waals surface area contributed by atoms with Crippen molar-refractivity contribution in [2.75, 3.05) is 26.9 Å². The fourth-order valence-electron chi connectivity index (χ4n) is 0.795. The molecule has 90 valence electrons. The van der Waals surface area contributed by atoms with Gasteiger partial charge in [0, 0.05) is 19.6 Å². The highest BCUT2D eigenvalue weighted by atomic mass is 127. The number of rotatable bonds is 10. The number of hydrogen-bond donors (Lipinski definition) is 0. The van der Waals surface area contributed by atoms with Gasteiger partial charge in [0.25, 0.3) is 0 Å². The second-order valence-corrected chi connectivity index (χ2v) is 4.18. The number of hydrogen-bond acceptors (Lipinski definition) is 6. The van der Waals surface area contributed by atoms with E-state index in [0.29, 0.717) is 32.7 Å². The van der Waals surface area contributed by atoms with Crippen LogP contribution < -0.4 is 0 Å². The lowest BCUT2D eigenvalue weighted by Crippen LogP contribution is -2.04. The SMILES string of the molecule is COC(=O)CCCOCCCOSOI. The Hall–Kier alpha value is 0.430. The molecule has 0 atom stereocenters. The molecule has 7 heteroatoms. The van der Waals surface area contributed by atoms with Crippen molar-refractivity contribution in [3.8, 4) is 0 Å². The monoisotopic (exact) mass is 350 g/mol. The second kappa shape index (κ2) is 12.5. The number of carbonyl (C=O) groups excluding carboxylic acids is 1. The summed E-state index contributed by atoms with van der Waals surface area (Å²) in [6, 6.07) is 0. The zero-order valence-corrected chi connectivity index (χ0v) is 11.5. The molecule has 0 aliphatic carbocycles. The Balaban J connectivity index is 2.95. The van der Waals surface area contributed by atoms with Crippen LogP contribution in [0, 0.1) is 0 Å². The van der Waals surface area contributed by atoms with Crippen molar-refractivity contribution in [3.63, 3.8) is 0 Å².